The standard InChI is InChI=1S/C23H26P/c1-4-24(20-13-7-5-8-14-20,21-15-9-6-10-16-21)23-18-12-11-17-22(23)19(2)3/h5-19H,4H2,1-3H3. The molecule has 0 bridgehead atoms. The maximum Gasteiger partial charge on any atom is -0.0162 e. The van der Waals surface area contributed by atoms with Gasteiger partial charge in [0.05, 0.1) is 0 Å². The van der Waals surface area contributed by atoms with Crippen LogP contribution in [0, 0.1) is 0 Å². The maximum atomic E-state index is 2.37. The minimum atomic E-state index is -1.63. The zero-order valence-corrected chi connectivity index (χ0v) is 15.7. The molecule has 1 heteroatoms. The zero-order chi connectivity index (χ0) is 17.0. The SMILES string of the molecule is CC[P](c1ccccc1)(c1ccccc1)c1ccccc1C(C)C. The highest BCUT2D eigenvalue weighted by molar-refractivity contribution is 7.95. The Bertz CT molecular complexity index is 736. The quantitative estimate of drug-likeness (QED) is 0.568. The van der Waals surface area contributed by atoms with Crippen LogP contribution in [0.5, 0.6) is 0 Å². The van der Waals surface area contributed by atoms with Crippen molar-refractivity contribution in [1.82, 2.24) is 0 Å². The molecule has 3 aromatic carbocycles. The van der Waals surface area contributed by atoms with Gasteiger partial charge in [-0.15, -0.1) is 0 Å². The fraction of sp³-hybridized carbons (Fsp3) is 0.217. The van der Waals surface area contributed by atoms with E-state index in [0.717, 1.165) is 6.16 Å². The van der Waals surface area contributed by atoms with E-state index in [-0.39, 0.29) is 0 Å². The van der Waals surface area contributed by atoms with Gasteiger partial charge in [-0.25, -0.2) is 0 Å². The summed E-state index contributed by atoms with van der Waals surface area (Å²) in [5.41, 5.74) is 1.49. The Morgan fingerprint density at radius 3 is 1.58 bits per heavy atom. The molecule has 0 saturated heterocycles. The summed E-state index contributed by atoms with van der Waals surface area (Å²) in [5, 5.41) is 4.50. The highest BCUT2D eigenvalue weighted by Crippen LogP contribution is 2.56. The van der Waals surface area contributed by atoms with Gasteiger partial charge >= 0.3 is 0 Å². The lowest BCUT2D eigenvalue weighted by atomic mass is 10.0. The lowest BCUT2D eigenvalue weighted by Gasteiger charge is -2.39. The van der Waals surface area contributed by atoms with E-state index in [2.05, 4.69) is 106 Å². The van der Waals surface area contributed by atoms with Crippen molar-refractivity contribution >= 4 is 23.2 Å². The molecular weight excluding hydrogens is 307 g/mol. The molecule has 24 heavy (non-hydrogen) atoms. The first-order valence-electron chi connectivity index (χ1n) is 8.79. The third-order valence-corrected chi connectivity index (χ3v) is 9.38. The van der Waals surface area contributed by atoms with Crippen LogP contribution in [0.3, 0.4) is 0 Å². The van der Waals surface area contributed by atoms with Gasteiger partial charge < -0.3 is 0 Å². The molecule has 0 unspecified atom stereocenters. The van der Waals surface area contributed by atoms with E-state index in [1.54, 1.807) is 5.30 Å². The Morgan fingerprint density at radius 1 is 0.667 bits per heavy atom. The first-order chi connectivity index (χ1) is 11.7. The van der Waals surface area contributed by atoms with Gasteiger partial charge in [0.15, 0.2) is 0 Å². The lowest BCUT2D eigenvalue weighted by Crippen LogP contribution is -2.34. The molecular formula is C23H26P. The van der Waals surface area contributed by atoms with E-state index in [4.69, 9.17) is 0 Å². The van der Waals surface area contributed by atoms with Crippen molar-refractivity contribution in [3.05, 3.63) is 90.5 Å². The van der Waals surface area contributed by atoms with Gasteiger partial charge in [0.25, 0.3) is 0 Å². The van der Waals surface area contributed by atoms with Crippen LogP contribution >= 0.6 is 7.26 Å². The van der Waals surface area contributed by atoms with Gasteiger partial charge in [0.2, 0.25) is 0 Å². The minimum absolute atomic E-state index is 0.527. The number of hydrogen-bond acceptors (Lipinski definition) is 0. The highest BCUT2D eigenvalue weighted by atomic mass is 31.2. The second kappa shape index (κ2) is 7.32. The third-order valence-electron chi connectivity index (χ3n) is 4.84. The van der Waals surface area contributed by atoms with Crippen LogP contribution in [0.15, 0.2) is 84.9 Å². The van der Waals surface area contributed by atoms with Gasteiger partial charge in [-0.3, -0.25) is 0 Å². The first-order valence-corrected chi connectivity index (χ1v) is 10.8. The van der Waals surface area contributed by atoms with Crippen LogP contribution in [0.1, 0.15) is 32.3 Å². The van der Waals surface area contributed by atoms with Gasteiger partial charge in [-0.2, -0.15) is 0 Å². The van der Waals surface area contributed by atoms with Gasteiger partial charge in [-0.05, 0) is 40.8 Å². The predicted molar refractivity (Wildman–Crippen MR) is 110 cm³/mol. The molecule has 0 atom stereocenters. The van der Waals surface area contributed by atoms with E-state index < -0.39 is 7.26 Å². The van der Waals surface area contributed by atoms with Gasteiger partial charge in [0.1, 0.15) is 0 Å². The summed E-state index contributed by atoms with van der Waals surface area (Å²) in [4.78, 5) is 0. The summed E-state index contributed by atoms with van der Waals surface area (Å²) in [7, 11) is -1.63. The number of rotatable bonds is 5. The second-order valence-corrected chi connectivity index (χ2v) is 10.3. The molecule has 0 aliphatic heterocycles. The molecule has 3 rings (SSSR count). The fourth-order valence-electron chi connectivity index (χ4n) is 3.65. The van der Waals surface area contributed by atoms with Crippen molar-refractivity contribution in [2.75, 3.05) is 6.16 Å². The van der Waals surface area contributed by atoms with Crippen LogP contribution in [-0.2, 0) is 0 Å². The van der Waals surface area contributed by atoms with Crippen LogP contribution < -0.4 is 15.9 Å². The molecule has 0 aliphatic rings. The Balaban J connectivity index is 2.36. The normalized spacial score (nSPS) is 11.7. The Kier molecular flexibility index (Phi) is 5.17. The van der Waals surface area contributed by atoms with Gasteiger partial charge in [-0.1, -0.05) is 106 Å². The van der Waals surface area contributed by atoms with E-state index in [9.17, 15) is 0 Å². The molecule has 0 fully saturated rings. The molecule has 0 aromatic heterocycles. The Hall–Kier alpha value is -1.91. The van der Waals surface area contributed by atoms with Crippen molar-refractivity contribution in [3.8, 4) is 0 Å². The van der Waals surface area contributed by atoms with Crippen LogP contribution in [0.4, 0.5) is 0 Å². The van der Waals surface area contributed by atoms with Crippen molar-refractivity contribution in [2.45, 2.75) is 26.7 Å². The summed E-state index contributed by atoms with van der Waals surface area (Å²) in [5.74, 6) is 0.527. The molecule has 3 aromatic rings. The highest BCUT2D eigenvalue weighted by Gasteiger charge is 2.34. The Labute approximate surface area is 146 Å². The number of benzene rings is 3. The van der Waals surface area contributed by atoms with Crippen LogP contribution in [0.25, 0.3) is 0 Å². The maximum absolute atomic E-state index is 2.37. The largest absolute Gasteiger partial charge is 0.0622 e. The summed E-state index contributed by atoms with van der Waals surface area (Å²) in [6, 6.07) is 31.3. The van der Waals surface area contributed by atoms with E-state index in [0.29, 0.717) is 5.92 Å². The average molecular weight is 333 g/mol. The van der Waals surface area contributed by atoms with Crippen LogP contribution in [0.2, 0.25) is 0 Å². The van der Waals surface area contributed by atoms with Crippen molar-refractivity contribution < 1.29 is 0 Å². The molecule has 0 amide bonds. The summed E-state index contributed by atoms with van der Waals surface area (Å²) < 4.78 is 0. The topological polar surface area (TPSA) is 0 Å². The summed E-state index contributed by atoms with van der Waals surface area (Å²) in [6.45, 7) is 6.96. The molecule has 0 spiro atoms. The molecule has 0 aliphatic carbocycles. The van der Waals surface area contributed by atoms with Gasteiger partial charge in [0, 0.05) is 0 Å². The molecule has 0 heterocycles. The Morgan fingerprint density at radius 2 is 1.12 bits per heavy atom. The van der Waals surface area contributed by atoms with Crippen molar-refractivity contribution in [1.29, 1.82) is 0 Å². The van der Waals surface area contributed by atoms with E-state index in [1.807, 2.05) is 0 Å². The zero-order valence-electron chi connectivity index (χ0n) is 14.8. The molecule has 123 valence electrons. The van der Waals surface area contributed by atoms with E-state index >= 15 is 0 Å². The first kappa shape index (κ1) is 16.9. The molecule has 0 N–H and O–H groups in total. The average Bonchev–Trinajstić information content (AvgIpc) is 2.65. The summed E-state index contributed by atoms with van der Waals surface area (Å²) in [6.07, 6.45) is 1.14. The summed E-state index contributed by atoms with van der Waals surface area (Å²) >= 11 is 0. The van der Waals surface area contributed by atoms with Crippen molar-refractivity contribution in [3.63, 3.8) is 0 Å². The van der Waals surface area contributed by atoms with E-state index in [1.165, 1.54) is 16.2 Å². The lowest BCUT2D eigenvalue weighted by molar-refractivity contribution is 0.873. The monoisotopic (exact) mass is 333 g/mol. The predicted octanol–water partition coefficient (Wildman–Crippen LogP) is 5.12. The fourth-order valence-corrected chi connectivity index (χ4v) is 8.05. The molecule has 1 radical (unpaired) electrons. The van der Waals surface area contributed by atoms with Crippen LogP contribution in [-0.4, -0.2) is 6.16 Å². The number of hydrogen-bond donors (Lipinski definition) is 0. The third kappa shape index (κ3) is 2.92. The molecule has 0 nitrogen and oxygen atoms in total. The second-order valence-electron chi connectivity index (χ2n) is 6.51. The smallest absolute Gasteiger partial charge is 0.0162 e. The minimum Gasteiger partial charge on any atom is -0.0622 e. The van der Waals surface area contributed by atoms with Crippen molar-refractivity contribution in [2.24, 2.45) is 0 Å². The molecule has 0 saturated carbocycles.